The van der Waals surface area contributed by atoms with Gasteiger partial charge in [0.25, 0.3) is 0 Å². The summed E-state index contributed by atoms with van der Waals surface area (Å²) in [5.74, 6) is 1.09. The van der Waals surface area contributed by atoms with Crippen LogP contribution in [-0.2, 0) is 9.53 Å². The average molecular weight is 246 g/mol. The number of amides is 1. The topological polar surface area (TPSA) is 50.4 Å². The number of carbonyl (C=O) groups is 1. The first kappa shape index (κ1) is 13.8. The molecule has 16 heavy (non-hydrogen) atoms. The molecule has 1 fully saturated rings. The Morgan fingerprint density at radius 1 is 1.69 bits per heavy atom. The molecule has 1 aliphatic heterocycles. The molecule has 1 aliphatic rings. The third-order valence-corrected chi connectivity index (χ3v) is 3.68. The summed E-state index contributed by atoms with van der Waals surface area (Å²) in [6.07, 6.45) is 3.99. The van der Waals surface area contributed by atoms with Crippen molar-refractivity contribution < 1.29 is 9.53 Å². The van der Waals surface area contributed by atoms with Gasteiger partial charge in [0.2, 0.25) is 5.91 Å². The van der Waals surface area contributed by atoms with E-state index in [0.717, 1.165) is 25.1 Å². The molecule has 0 bridgehead atoms. The zero-order valence-corrected chi connectivity index (χ0v) is 11.1. The van der Waals surface area contributed by atoms with Crippen LogP contribution in [0.3, 0.4) is 0 Å². The van der Waals surface area contributed by atoms with E-state index in [0.29, 0.717) is 0 Å². The van der Waals surface area contributed by atoms with Crippen molar-refractivity contribution in [1.29, 1.82) is 0 Å². The Bertz CT molecular complexity index is 226. The Hall–Kier alpha value is -0.260. The minimum absolute atomic E-state index is 0.0825. The van der Waals surface area contributed by atoms with Gasteiger partial charge in [0.15, 0.2) is 0 Å². The van der Waals surface area contributed by atoms with Crippen LogP contribution < -0.4 is 10.6 Å². The number of rotatable bonds is 6. The van der Waals surface area contributed by atoms with E-state index in [1.54, 1.807) is 18.9 Å². The summed E-state index contributed by atoms with van der Waals surface area (Å²) in [7, 11) is 1.69. The molecule has 0 aromatic rings. The number of hydrogen-bond acceptors (Lipinski definition) is 4. The maximum absolute atomic E-state index is 11.9. The molecular formula is C11H22N2O2S. The normalized spacial score (nSPS) is 26.7. The number of nitrogens with one attached hydrogen (secondary N) is 2. The lowest BCUT2D eigenvalue weighted by molar-refractivity contribution is -0.123. The minimum Gasteiger partial charge on any atom is -0.380 e. The van der Waals surface area contributed by atoms with Crippen molar-refractivity contribution in [2.24, 2.45) is 0 Å². The molecule has 0 aromatic heterocycles. The van der Waals surface area contributed by atoms with E-state index >= 15 is 0 Å². The van der Waals surface area contributed by atoms with Crippen molar-refractivity contribution in [2.45, 2.75) is 38.0 Å². The summed E-state index contributed by atoms with van der Waals surface area (Å²) in [4.78, 5) is 11.9. The molecule has 94 valence electrons. The Morgan fingerprint density at radius 3 is 2.94 bits per heavy atom. The lowest BCUT2D eigenvalue weighted by Crippen LogP contribution is -2.45. The van der Waals surface area contributed by atoms with Crippen molar-refractivity contribution in [1.82, 2.24) is 10.6 Å². The third-order valence-electron chi connectivity index (χ3n) is 2.95. The fourth-order valence-corrected chi connectivity index (χ4v) is 2.57. The van der Waals surface area contributed by atoms with Crippen LogP contribution in [-0.4, -0.2) is 49.8 Å². The monoisotopic (exact) mass is 246 g/mol. The third kappa shape index (κ3) is 3.96. The Balaban J connectivity index is 2.34. The van der Waals surface area contributed by atoms with Gasteiger partial charge >= 0.3 is 0 Å². The molecule has 0 saturated carbocycles. The largest absolute Gasteiger partial charge is 0.380 e. The predicted octanol–water partition coefficient (Wildman–Crippen LogP) is 0.621. The summed E-state index contributed by atoms with van der Waals surface area (Å²) < 4.78 is 5.22. The van der Waals surface area contributed by atoms with Crippen LogP contribution in [0.5, 0.6) is 0 Å². The molecule has 1 heterocycles. The molecule has 0 radical (unpaired) electrons. The SMILES string of the molecule is CCC(CSC)NC(=O)C1CC(OC)CN1. The van der Waals surface area contributed by atoms with E-state index in [4.69, 9.17) is 4.74 Å². The van der Waals surface area contributed by atoms with Crippen LogP contribution in [0.25, 0.3) is 0 Å². The Kier molecular flexibility index (Phi) is 6.16. The van der Waals surface area contributed by atoms with Gasteiger partial charge in [-0.25, -0.2) is 0 Å². The maximum Gasteiger partial charge on any atom is 0.237 e. The van der Waals surface area contributed by atoms with Crippen LogP contribution >= 0.6 is 11.8 Å². The number of thioether (sulfide) groups is 1. The lowest BCUT2D eigenvalue weighted by Gasteiger charge is -2.18. The second kappa shape index (κ2) is 7.14. The first-order valence-corrected chi connectivity index (χ1v) is 7.16. The lowest BCUT2D eigenvalue weighted by atomic mass is 10.1. The number of hydrogen-bond donors (Lipinski definition) is 2. The molecule has 3 unspecified atom stereocenters. The van der Waals surface area contributed by atoms with Gasteiger partial charge in [0.05, 0.1) is 12.1 Å². The second-order valence-corrected chi connectivity index (χ2v) is 5.03. The minimum atomic E-state index is -0.0825. The molecule has 0 aliphatic carbocycles. The smallest absolute Gasteiger partial charge is 0.237 e. The molecular weight excluding hydrogens is 224 g/mol. The molecule has 1 rings (SSSR count). The average Bonchev–Trinajstić information content (AvgIpc) is 2.76. The highest BCUT2D eigenvalue weighted by Crippen LogP contribution is 2.10. The van der Waals surface area contributed by atoms with Crippen molar-refractivity contribution >= 4 is 17.7 Å². The van der Waals surface area contributed by atoms with E-state index in [-0.39, 0.29) is 24.1 Å². The summed E-state index contributed by atoms with van der Waals surface area (Å²) in [6, 6.07) is 0.201. The van der Waals surface area contributed by atoms with Crippen molar-refractivity contribution in [3.05, 3.63) is 0 Å². The zero-order chi connectivity index (χ0) is 12.0. The van der Waals surface area contributed by atoms with Crippen molar-refractivity contribution in [3.63, 3.8) is 0 Å². The van der Waals surface area contributed by atoms with Gasteiger partial charge in [-0.3, -0.25) is 4.79 Å². The summed E-state index contributed by atoms with van der Waals surface area (Å²) in [5.41, 5.74) is 0. The van der Waals surface area contributed by atoms with Crippen LogP contribution in [0, 0.1) is 0 Å². The first-order chi connectivity index (χ1) is 7.71. The molecule has 2 N–H and O–H groups in total. The van der Waals surface area contributed by atoms with Crippen molar-refractivity contribution in [3.8, 4) is 0 Å². The van der Waals surface area contributed by atoms with Gasteiger partial charge in [0.1, 0.15) is 0 Å². The van der Waals surface area contributed by atoms with Gasteiger partial charge in [-0.2, -0.15) is 11.8 Å². The van der Waals surface area contributed by atoms with Crippen LogP contribution in [0.4, 0.5) is 0 Å². The molecule has 3 atom stereocenters. The molecule has 5 heteroatoms. The van der Waals surface area contributed by atoms with E-state index in [1.165, 1.54) is 0 Å². The summed E-state index contributed by atoms with van der Waals surface area (Å²) in [5, 5.41) is 6.26. The van der Waals surface area contributed by atoms with Gasteiger partial charge < -0.3 is 15.4 Å². The molecule has 4 nitrogen and oxygen atoms in total. The number of ether oxygens (including phenoxy) is 1. The summed E-state index contributed by atoms with van der Waals surface area (Å²) in [6.45, 7) is 2.87. The quantitative estimate of drug-likeness (QED) is 0.721. The number of carbonyl (C=O) groups excluding carboxylic acids is 1. The fraction of sp³-hybridized carbons (Fsp3) is 0.909. The van der Waals surface area contributed by atoms with E-state index in [9.17, 15) is 4.79 Å². The Labute approximate surface area is 102 Å². The first-order valence-electron chi connectivity index (χ1n) is 5.76. The van der Waals surface area contributed by atoms with Crippen molar-refractivity contribution in [2.75, 3.05) is 25.7 Å². The standard InChI is InChI=1S/C11H22N2O2S/c1-4-8(7-16-3)13-11(14)10-5-9(15-2)6-12-10/h8-10,12H,4-7H2,1-3H3,(H,13,14). The molecule has 1 amide bonds. The number of methoxy groups -OCH3 is 1. The van der Waals surface area contributed by atoms with E-state index in [1.807, 2.05) is 0 Å². The van der Waals surface area contributed by atoms with Gasteiger partial charge in [0, 0.05) is 25.4 Å². The van der Waals surface area contributed by atoms with Crippen LogP contribution in [0.15, 0.2) is 0 Å². The highest BCUT2D eigenvalue weighted by Gasteiger charge is 2.29. The van der Waals surface area contributed by atoms with Gasteiger partial charge in [-0.1, -0.05) is 6.92 Å². The molecule has 0 spiro atoms. The predicted molar refractivity (Wildman–Crippen MR) is 67.8 cm³/mol. The van der Waals surface area contributed by atoms with E-state index in [2.05, 4.69) is 23.8 Å². The fourth-order valence-electron chi connectivity index (χ4n) is 1.85. The maximum atomic E-state index is 11.9. The zero-order valence-electron chi connectivity index (χ0n) is 10.3. The van der Waals surface area contributed by atoms with Crippen LogP contribution in [0.2, 0.25) is 0 Å². The molecule has 0 aromatic carbocycles. The second-order valence-electron chi connectivity index (χ2n) is 4.12. The van der Waals surface area contributed by atoms with E-state index < -0.39 is 0 Å². The highest BCUT2D eigenvalue weighted by atomic mass is 32.2. The highest BCUT2D eigenvalue weighted by molar-refractivity contribution is 7.98. The molecule has 1 saturated heterocycles. The summed E-state index contributed by atoms with van der Waals surface area (Å²) >= 11 is 1.76. The van der Waals surface area contributed by atoms with Gasteiger partial charge in [-0.15, -0.1) is 0 Å². The van der Waals surface area contributed by atoms with Crippen LogP contribution in [0.1, 0.15) is 19.8 Å². The Morgan fingerprint density at radius 2 is 2.44 bits per heavy atom. The van der Waals surface area contributed by atoms with Gasteiger partial charge in [-0.05, 0) is 19.1 Å².